The highest BCUT2D eigenvalue weighted by Crippen LogP contribution is 2.38. The Hall–Kier alpha value is -2.38. The molecular weight excluding hydrogens is 326 g/mol. The Morgan fingerprint density at radius 1 is 1.17 bits per heavy atom. The van der Waals surface area contributed by atoms with Crippen LogP contribution in [0.3, 0.4) is 0 Å². The van der Waals surface area contributed by atoms with Gasteiger partial charge in [-0.3, -0.25) is 15.0 Å². The molecule has 1 aliphatic rings. The Labute approximate surface area is 144 Å². The lowest BCUT2D eigenvalue weighted by atomic mass is 9.95. The number of hydrogen-bond donors (Lipinski definition) is 3. The number of aryl methyl sites for hydroxylation is 1. The fourth-order valence-corrected chi connectivity index (χ4v) is 4.10. The standard InChI is InChI=1S/C17H19N3O3S/c18-20-16(22)15-12-8-4-5-9-13(12)24-17(15)19-14(21)10-23-11-6-2-1-3-7-11/h1-3,6-7H,4-5,8-10,18H2,(H,19,21)(H,20,22). The van der Waals surface area contributed by atoms with E-state index in [0.29, 0.717) is 16.3 Å². The van der Waals surface area contributed by atoms with Gasteiger partial charge >= 0.3 is 0 Å². The smallest absolute Gasteiger partial charge is 0.268 e. The molecule has 1 aliphatic carbocycles. The number of anilines is 1. The predicted molar refractivity (Wildman–Crippen MR) is 93.2 cm³/mol. The number of nitrogens with one attached hydrogen (secondary N) is 2. The molecule has 2 amide bonds. The number of hydrogen-bond acceptors (Lipinski definition) is 5. The van der Waals surface area contributed by atoms with E-state index in [1.807, 2.05) is 18.2 Å². The first-order valence-electron chi connectivity index (χ1n) is 7.82. The molecule has 6 nitrogen and oxygen atoms in total. The van der Waals surface area contributed by atoms with Gasteiger partial charge in [-0.2, -0.15) is 0 Å². The molecule has 0 saturated heterocycles. The number of carbonyl (C=O) groups is 2. The Morgan fingerprint density at radius 3 is 2.67 bits per heavy atom. The number of rotatable bonds is 5. The average Bonchev–Trinajstić information content (AvgIpc) is 2.98. The lowest BCUT2D eigenvalue weighted by molar-refractivity contribution is -0.118. The number of nitrogens with two attached hydrogens (primary N) is 1. The third kappa shape index (κ3) is 3.58. The molecule has 2 aromatic rings. The van der Waals surface area contributed by atoms with Crippen LogP contribution in [0, 0.1) is 0 Å². The van der Waals surface area contributed by atoms with Gasteiger partial charge in [0.25, 0.3) is 11.8 Å². The van der Waals surface area contributed by atoms with Crippen LogP contribution in [0.2, 0.25) is 0 Å². The number of benzene rings is 1. The number of thiophene rings is 1. The minimum Gasteiger partial charge on any atom is -0.484 e. The van der Waals surface area contributed by atoms with Gasteiger partial charge in [0.2, 0.25) is 0 Å². The van der Waals surface area contributed by atoms with Crippen LogP contribution in [-0.2, 0) is 17.6 Å². The van der Waals surface area contributed by atoms with Crippen molar-refractivity contribution in [2.75, 3.05) is 11.9 Å². The van der Waals surface area contributed by atoms with E-state index < -0.39 is 0 Å². The molecule has 0 aliphatic heterocycles. The molecule has 0 unspecified atom stereocenters. The third-order valence-corrected chi connectivity index (χ3v) is 5.10. The molecule has 3 rings (SSSR count). The van der Waals surface area contributed by atoms with E-state index in [0.717, 1.165) is 36.1 Å². The normalized spacial score (nSPS) is 13.0. The lowest BCUT2D eigenvalue weighted by Crippen LogP contribution is -2.31. The molecule has 0 saturated carbocycles. The quantitative estimate of drug-likeness (QED) is 0.440. The summed E-state index contributed by atoms with van der Waals surface area (Å²) in [6, 6.07) is 9.12. The van der Waals surface area contributed by atoms with Crippen molar-refractivity contribution >= 4 is 28.2 Å². The molecule has 1 aromatic heterocycles. The molecular formula is C17H19N3O3S. The summed E-state index contributed by atoms with van der Waals surface area (Å²) in [5, 5.41) is 3.34. The maximum absolute atomic E-state index is 12.2. The van der Waals surface area contributed by atoms with Gasteiger partial charge in [-0.25, -0.2) is 5.84 Å². The van der Waals surface area contributed by atoms with Gasteiger partial charge < -0.3 is 10.1 Å². The molecule has 24 heavy (non-hydrogen) atoms. The molecule has 4 N–H and O–H groups in total. The highest BCUT2D eigenvalue weighted by molar-refractivity contribution is 7.17. The Balaban J connectivity index is 1.73. The van der Waals surface area contributed by atoms with E-state index in [4.69, 9.17) is 10.6 Å². The number of para-hydroxylation sites is 1. The van der Waals surface area contributed by atoms with Crippen molar-refractivity contribution in [3.63, 3.8) is 0 Å². The van der Waals surface area contributed by atoms with Crippen LogP contribution in [0.5, 0.6) is 5.75 Å². The zero-order valence-corrected chi connectivity index (χ0v) is 13.9. The monoisotopic (exact) mass is 345 g/mol. The second-order valence-electron chi connectivity index (χ2n) is 5.54. The number of hydrazine groups is 1. The van der Waals surface area contributed by atoms with E-state index in [9.17, 15) is 9.59 Å². The molecule has 7 heteroatoms. The average molecular weight is 345 g/mol. The number of carbonyl (C=O) groups excluding carboxylic acids is 2. The van der Waals surface area contributed by atoms with Crippen molar-refractivity contribution in [3.8, 4) is 5.75 Å². The molecule has 0 fully saturated rings. The van der Waals surface area contributed by atoms with E-state index in [1.54, 1.807) is 12.1 Å². The largest absolute Gasteiger partial charge is 0.484 e. The van der Waals surface area contributed by atoms with Gasteiger partial charge in [0.1, 0.15) is 10.8 Å². The molecule has 0 radical (unpaired) electrons. The second-order valence-corrected chi connectivity index (χ2v) is 6.64. The third-order valence-electron chi connectivity index (χ3n) is 3.90. The van der Waals surface area contributed by atoms with Crippen molar-refractivity contribution in [1.82, 2.24) is 5.43 Å². The molecule has 126 valence electrons. The van der Waals surface area contributed by atoms with E-state index in [-0.39, 0.29) is 18.4 Å². The summed E-state index contributed by atoms with van der Waals surface area (Å²) < 4.78 is 5.44. The fourth-order valence-electron chi connectivity index (χ4n) is 2.79. The summed E-state index contributed by atoms with van der Waals surface area (Å²) in [4.78, 5) is 25.4. The highest BCUT2D eigenvalue weighted by Gasteiger charge is 2.25. The van der Waals surface area contributed by atoms with Crippen molar-refractivity contribution in [3.05, 3.63) is 46.3 Å². The van der Waals surface area contributed by atoms with Crippen LogP contribution in [0.1, 0.15) is 33.6 Å². The summed E-state index contributed by atoms with van der Waals surface area (Å²) >= 11 is 1.45. The SMILES string of the molecule is NNC(=O)c1c(NC(=O)COc2ccccc2)sc2c1CCCC2. The summed E-state index contributed by atoms with van der Waals surface area (Å²) in [6.45, 7) is -0.115. The van der Waals surface area contributed by atoms with Crippen LogP contribution >= 0.6 is 11.3 Å². The number of nitrogen functional groups attached to an aromatic ring is 1. The Bertz CT molecular complexity index is 743. The first-order valence-corrected chi connectivity index (χ1v) is 8.64. The summed E-state index contributed by atoms with van der Waals surface area (Å²) in [5.41, 5.74) is 3.67. The van der Waals surface area contributed by atoms with Crippen molar-refractivity contribution in [2.24, 2.45) is 5.84 Å². The molecule has 1 heterocycles. The number of ether oxygens (including phenoxy) is 1. The topological polar surface area (TPSA) is 93.5 Å². The van der Waals surface area contributed by atoms with Crippen LogP contribution in [0.25, 0.3) is 0 Å². The Morgan fingerprint density at radius 2 is 1.92 bits per heavy atom. The van der Waals surface area contributed by atoms with Gasteiger partial charge in [-0.05, 0) is 43.4 Å². The molecule has 0 atom stereocenters. The molecule has 0 bridgehead atoms. The van der Waals surface area contributed by atoms with Crippen molar-refractivity contribution < 1.29 is 14.3 Å². The Kier molecular flexibility index (Phi) is 5.12. The summed E-state index contributed by atoms with van der Waals surface area (Å²) in [6.07, 6.45) is 3.91. The minimum absolute atomic E-state index is 0.115. The highest BCUT2D eigenvalue weighted by atomic mass is 32.1. The second kappa shape index (κ2) is 7.46. The van der Waals surface area contributed by atoms with Crippen LogP contribution in [0.4, 0.5) is 5.00 Å². The van der Waals surface area contributed by atoms with Gasteiger partial charge in [0.15, 0.2) is 6.61 Å². The van der Waals surface area contributed by atoms with Gasteiger partial charge in [-0.1, -0.05) is 18.2 Å². The summed E-state index contributed by atoms with van der Waals surface area (Å²) in [5.74, 6) is 5.25. The van der Waals surface area contributed by atoms with Gasteiger partial charge in [0, 0.05) is 4.88 Å². The maximum Gasteiger partial charge on any atom is 0.268 e. The predicted octanol–water partition coefficient (Wildman–Crippen LogP) is 2.25. The first-order chi connectivity index (χ1) is 11.7. The zero-order chi connectivity index (χ0) is 16.9. The van der Waals surface area contributed by atoms with E-state index in [2.05, 4.69) is 10.7 Å². The van der Waals surface area contributed by atoms with Crippen LogP contribution in [-0.4, -0.2) is 18.4 Å². The van der Waals surface area contributed by atoms with Crippen molar-refractivity contribution in [1.29, 1.82) is 0 Å². The van der Waals surface area contributed by atoms with Crippen molar-refractivity contribution in [2.45, 2.75) is 25.7 Å². The summed E-state index contributed by atoms with van der Waals surface area (Å²) in [7, 11) is 0. The molecule has 1 aromatic carbocycles. The number of fused-ring (bicyclic) bond motifs is 1. The molecule has 0 spiro atoms. The maximum atomic E-state index is 12.2. The van der Waals surface area contributed by atoms with Crippen LogP contribution < -0.4 is 21.3 Å². The van der Waals surface area contributed by atoms with Gasteiger partial charge in [0.05, 0.1) is 5.56 Å². The minimum atomic E-state index is -0.367. The zero-order valence-electron chi connectivity index (χ0n) is 13.1. The lowest BCUT2D eigenvalue weighted by Gasteiger charge is -2.12. The van der Waals surface area contributed by atoms with Gasteiger partial charge in [-0.15, -0.1) is 11.3 Å². The van der Waals surface area contributed by atoms with Crippen LogP contribution in [0.15, 0.2) is 30.3 Å². The van der Waals surface area contributed by atoms with E-state index >= 15 is 0 Å². The number of amides is 2. The van der Waals surface area contributed by atoms with E-state index in [1.165, 1.54) is 11.3 Å². The first kappa shape index (κ1) is 16.5. The fraction of sp³-hybridized carbons (Fsp3) is 0.294.